The third-order valence-electron chi connectivity index (χ3n) is 5.48. The number of ether oxygens (including phenoxy) is 4. The highest BCUT2D eigenvalue weighted by molar-refractivity contribution is 5.97. The van der Waals surface area contributed by atoms with Gasteiger partial charge in [0.25, 0.3) is 5.91 Å². The summed E-state index contributed by atoms with van der Waals surface area (Å²) in [7, 11) is 0. The molecule has 2 aliphatic rings. The zero-order valence-corrected chi connectivity index (χ0v) is 18.6. The molecule has 0 atom stereocenters. The predicted octanol–water partition coefficient (Wildman–Crippen LogP) is 1.77. The van der Waals surface area contributed by atoms with Crippen molar-refractivity contribution in [1.82, 2.24) is 19.7 Å². The van der Waals surface area contributed by atoms with E-state index in [-0.39, 0.29) is 11.9 Å². The number of nitrogen functional groups attached to an aromatic ring is 1. The second kappa shape index (κ2) is 9.98. The van der Waals surface area contributed by atoms with Crippen molar-refractivity contribution in [1.29, 1.82) is 0 Å². The molecule has 1 aromatic heterocycles. The summed E-state index contributed by atoms with van der Waals surface area (Å²) in [5.41, 5.74) is 7.06. The Hall–Kier alpha value is -3.83. The molecule has 11 heteroatoms. The molecule has 5 rings (SSSR count). The molecule has 0 saturated carbocycles. The highest BCUT2D eigenvalue weighted by Crippen LogP contribution is 2.33. The molecule has 2 aromatic carbocycles. The second-order valence-electron chi connectivity index (χ2n) is 7.82. The molecule has 0 aliphatic carbocycles. The van der Waals surface area contributed by atoms with Gasteiger partial charge in [-0.25, -0.2) is 0 Å². The first-order valence-electron chi connectivity index (χ1n) is 11.1. The van der Waals surface area contributed by atoms with E-state index in [4.69, 9.17) is 24.7 Å². The van der Waals surface area contributed by atoms with Crippen LogP contribution in [-0.2, 0) is 4.74 Å². The first-order chi connectivity index (χ1) is 16.7. The topological polar surface area (TPSA) is 126 Å². The van der Waals surface area contributed by atoms with Crippen molar-refractivity contribution in [3.63, 3.8) is 0 Å². The molecular formula is C23H26N6O5. The number of rotatable bonds is 7. The van der Waals surface area contributed by atoms with Crippen molar-refractivity contribution in [2.24, 2.45) is 0 Å². The lowest BCUT2D eigenvalue weighted by Gasteiger charge is -2.26. The molecule has 34 heavy (non-hydrogen) atoms. The largest absolute Gasteiger partial charge is 0.492 e. The molecule has 1 saturated heterocycles. The number of benzene rings is 2. The average Bonchev–Trinajstić information content (AvgIpc) is 3.24. The maximum atomic E-state index is 13.0. The van der Waals surface area contributed by atoms with Crippen LogP contribution in [0.3, 0.4) is 0 Å². The van der Waals surface area contributed by atoms with Gasteiger partial charge in [-0.2, -0.15) is 9.67 Å². The van der Waals surface area contributed by atoms with Gasteiger partial charge in [0.2, 0.25) is 11.9 Å². The Morgan fingerprint density at radius 2 is 1.88 bits per heavy atom. The number of hydrogen-bond acceptors (Lipinski definition) is 10. The Labute approximate surface area is 196 Å². The Bertz CT molecular complexity index is 1160. The summed E-state index contributed by atoms with van der Waals surface area (Å²) >= 11 is 0. The Balaban J connectivity index is 1.23. The molecule has 3 heterocycles. The van der Waals surface area contributed by atoms with Gasteiger partial charge in [-0.1, -0.05) is 6.07 Å². The smallest absolute Gasteiger partial charge is 0.281 e. The summed E-state index contributed by atoms with van der Waals surface area (Å²) in [6.07, 6.45) is 0. The number of anilines is 3. The van der Waals surface area contributed by atoms with Crippen molar-refractivity contribution in [2.45, 2.75) is 0 Å². The molecule has 2 aliphatic heterocycles. The summed E-state index contributed by atoms with van der Waals surface area (Å²) in [6.45, 7) is 5.61. The lowest BCUT2D eigenvalue weighted by molar-refractivity contribution is 0.0322. The zero-order valence-electron chi connectivity index (χ0n) is 18.6. The van der Waals surface area contributed by atoms with E-state index in [1.54, 1.807) is 30.3 Å². The minimum absolute atomic E-state index is 0.0244. The Morgan fingerprint density at radius 1 is 1.06 bits per heavy atom. The highest BCUT2D eigenvalue weighted by Gasteiger charge is 2.18. The van der Waals surface area contributed by atoms with Gasteiger partial charge in [0.15, 0.2) is 11.5 Å². The molecular weight excluding hydrogens is 440 g/mol. The molecule has 0 radical (unpaired) electrons. The standard InChI is InChI=1S/C23H26N6O5/c24-22-26-23(25-17-4-5-19-20(15-17)34-13-12-33-19)27-29(22)21(30)16-2-1-3-18(14-16)32-11-8-28-6-9-31-10-7-28/h1-5,14-15H,6-13H2,(H3,24,25,26,27). The summed E-state index contributed by atoms with van der Waals surface area (Å²) in [5.74, 6) is 1.68. The number of carbonyl (C=O) groups excluding carboxylic acids is 1. The fraction of sp³-hybridized carbons (Fsp3) is 0.348. The number of hydrogen-bond donors (Lipinski definition) is 2. The maximum Gasteiger partial charge on any atom is 0.281 e. The zero-order chi connectivity index (χ0) is 23.3. The fourth-order valence-corrected chi connectivity index (χ4v) is 3.74. The van der Waals surface area contributed by atoms with Crippen molar-refractivity contribution >= 4 is 23.5 Å². The van der Waals surface area contributed by atoms with Gasteiger partial charge >= 0.3 is 0 Å². The third kappa shape index (κ3) is 5.05. The van der Waals surface area contributed by atoms with E-state index in [0.29, 0.717) is 48.3 Å². The van der Waals surface area contributed by atoms with Gasteiger partial charge in [0.1, 0.15) is 25.6 Å². The van der Waals surface area contributed by atoms with E-state index in [1.807, 2.05) is 12.1 Å². The normalized spacial score (nSPS) is 15.6. The van der Waals surface area contributed by atoms with Crippen molar-refractivity contribution < 1.29 is 23.7 Å². The highest BCUT2D eigenvalue weighted by atomic mass is 16.6. The molecule has 178 valence electrons. The van der Waals surface area contributed by atoms with Gasteiger partial charge in [0.05, 0.1) is 13.2 Å². The Morgan fingerprint density at radius 3 is 2.74 bits per heavy atom. The number of fused-ring (bicyclic) bond motifs is 1. The van der Waals surface area contributed by atoms with Crippen LogP contribution in [0.4, 0.5) is 17.6 Å². The monoisotopic (exact) mass is 466 g/mol. The van der Waals surface area contributed by atoms with E-state index in [9.17, 15) is 4.79 Å². The number of aromatic nitrogens is 3. The molecule has 3 aromatic rings. The van der Waals surface area contributed by atoms with E-state index < -0.39 is 5.91 Å². The molecule has 0 unspecified atom stereocenters. The van der Waals surface area contributed by atoms with E-state index >= 15 is 0 Å². The summed E-state index contributed by atoms with van der Waals surface area (Å²) in [5, 5.41) is 7.28. The number of nitrogens with zero attached hydrogens (tertiary/aromatic N) is 4. The quantitative estimate of drug-likeness (QED) is 0.532. The maximum absolute atomic E-state index is 13.0. The van der Waals surface area contributed by atoms with Crippen molar-refractivity contribution in [2.75, 3.05) is 63.7 Å². The second-order valence-corrected chi connectivity index (χ2v) is 7.82. The van der Waals surface area contributed by atoms with Crippen LogP contribution >= 0.6 is 0 Å². The van der Waals surface area contributed by atoms with Gasteiger partial charge < -0.3 is 30.0 Å². The lowest BCUT2D eigenvalue weighted by atomic mass is 10.2. The van der Waals surface area contributed by atoms with Crippen LogP contribution in [0.15, 0.2) is 42.5 Å². The lowest BCUT2D eigenvalue weighted by Crippen LogP contribution is -2.38. The number of nitrogens with two attached hydrogens (primary N) is 1. The Kier molecular flexibility index (Phi) is 6.45. The molecule has 0 bridgehead atoms. The predicted molar refractivity (Wildman–Crippen MR) is 124 cm³/mol. The van der Waals surface area contributed by atoms with Gasteiger partial charge in [-0.05, 0) is 30.3 Å². The van der Waals surface area contributed by atoms with Gasteiger partial charge in [-0.3, -0.25) is 9.69 Å². The van der Waals surface area contributed by atoms with E-state index in [1.165, 1.54) is 0 Å². The van der Waals surface area contributed by atoms with E-state index in [0.717, 1.165) is 37.5 Å². The van der Waals surface area contributed by atoms with Crippen LogP contribution in [-0.4, -0.2) is 78.2 Å². The molecule has 3 N–H and O–H groups in total. The van der Waals surface area contributed by atoms with Crippen LogP contribution in [0.25, 0.3) is 0 Å². The van der Waals surface area contributed by atoms with Crippen molar-refractivity contribution in [3.05, 3.63) is 48.0 Å². The van der Waals surface area contributed by atoms with Gasteiger partial charge in [-0.15, -0.1) is 5.10 Å². The van der Waals surface area contributed by atoms with E-state index in [2.05, 4.69) is 20.3 Å². The minimum Gasteiger partial charge on any atom is -0.492 e. The van der Waals surface area contributed by atoms with Crippen LogP contribution < -0.4 is 25.3 Å². The average molecular weight is 466 g/mol. The summed E-state index contributed by atoms with van der Waals surface area (Å²) in [6, 6.07) is 12.3. The molecule has 1 fully saturated rings. The fourth-order valence-electron chi connectivity index (χ4n) is 3.74. The van der Waals surface area contributed by atoms with Crippen LogP contribution in [0.2, 0.25) is 0 Å². The molecule has 0 spiro atoms. The summed E-state index contributed by atoms with van der Waals surface area (Å²) in [4.78, 5) is 19.5. The van der Waals surface area contributed by atoms with Crippen LogP contribution in [0.5, 0.6) is 17.2 Å². The molecule has 0 amide bonds. The number of nitrogens with one attached hydrogen (secondary N) is 1. The SMILES string of the molecule is Nc1nc(Nc2ccc3c(c2)OCCO3)nn1C(=O)c1cccc(OCCN2CCOCC2)c1. The third-order valence-corrected chi connectivity index (χ3v) is 5.48. The first kappa shape index (κ1) is 22.0. The first-order valence-corrected chi connectivity index (χ1v) is 11.1. The molecule has 11 nitrogen and oxygen atoms in total. The van der Waals surface area contributed by atoms with Crippen LogP contribution in [0.1, 0.15) is 10.4 Å². The minimum atomic E-state index is -0.404. The van der Waals surface area contributed by atoms with Crippen molar-refractivity contribution in [3.8, 4) is 17.2 Å². The number of morpholine rings is 1. The summed E-state index contributed by atoms with van der Waals surface area (Å²) < 4.78 is 23.4. The number of carbonyl (C=O) groups is 1. The van der Waals surface area contributed by atoms with Crippen LogP contribution in [0, 0.1) is 0 Å². The van der Waals surface area contributed by atoms with Gasteiger partial charge in [0, 0.05) is 37.0 Å².